The zero-order valence-corrected chi connectivity index (χ0v) is 14.9. The number of likely N-dealkylation sites (tertiary alicyclic amines) is 1. The maximum atomic E-state index is 13.1. The second-order valence-electron chi connectivity index (χ2n) is 7.23. The zero-order chi connectivity index (χ0) is 19.3. The van der Waals surface area contributed by atoms with Crippen LogP contribution in [0.2, 0.25) is 0 Å². The Hall–Kier alpha value is -2.97. The van der Waals surface area contributed by atoms with Crippen molar-refractivity contribution in [2.24, 2.45) is 10.2 Å². The van der Waals surface area contributed by atoms with Gasteiger partial charge in [0.15, 0.2) is 5.84 Å². The van der Waals surface area contributed by atoms with Gasteiger partial charge in [0.05, 0.1) is 0 Å². The molecule has 0 amide bonds. The van der Waals surface area contributed by atoms with Gasteiger partial charge in [-0.1, -0.05) is 18.2 Å². The first-order chi connectivity index (χ1) is 13.5. The van der Waals surface area contributed by atoms with Crippen LogP contribution >= 0.6 is 0 Å². The third kappa shape index (κ3) is 2.81. The fourth-order valence-electron chi connectivity index (χ4n) is 4.11. The molecule has 3 aliphatic heterocycles. The third-order valence-corrected chi connectivity index (χ3v) is 5.56. The van der Waals surface area contributed by atoms with Crippen LogP contribution in [-0.2, 0) is 0 Å². The average molecular weight is 388 g/mol. The number of benzene rings is 1. The standard InChI is InChI=1S/C19H19F3N6/c20-19(21,22)18-25-24-16-5-6-17(26-28(16)18)27-9-7-12(8-10-27)14-11-23-15-4-2-1-3-13(14)15/h1-6,11-12,18,23,25H,7-10H2. The number of piperidine rings is 1. The minimum Gasteiger partial charge on any atom is -0.361 e. The molecule has 0 radical (unpaired) electrons. The lowest BCUT2D eigenvalue weighted by atomic mass is 9.89. The SMILES string of the molecule is FC(F)(F)C1NN=C2C=CC(N3CCC(c4c[nH]c5ccccc45)CC3)=NN21. The fraction of sp³-hybridized carbons (Fsp3) is 0.368. The Bertz CT molecular complexity index is 981. The van der Waals surface area contributed by atoms with Gasteiger partial charge in [-0.3, -0.25) is 5.43 Å². The molecule has 1 aromatic carbocycles. The Kier molecular flexibility index (Phi) is 3.85. The van der Waals surface area contributed by atoms with Gasteiger partial charge in [-0.15, -0.1) is 0 Å². The first-order valence-electron chi connectivity index (χ1n) is 9.27. The Morgan fingerprint density at radius 3 is 2.57 bits per heavy atom. The van der Waals surface area contributed by atoms with E-state index in [9.17, 15) is 13.2 Å². The van der Waals surface area contributed by atoms with E-state index in [0.717, 1.165) is 36.5 Å². The van der Waals surface area contributed by atoms with E-state index in [2.05, 4.69) is 38.9 Å². The van der Waals surface area contributed by atoms with E-state index in [1.165, 1.54) is 10.9 Å². The second kappa shape index (κ2) is 6.29. The summed E-state index contributed by atoms with van der Waals surface area (Å²) >= 11 is 0. The van der Waals surface area contributed by atoms with Gasteiger partial charge in [-0.2, -0.15) is 23.4 Å². The van der Waals surface area contributed by atoms with E-state index in [1.54, 1.807) is 12.2 Å². The zero-order valence-electron chi connectivity index (χ0n) is 14.9. The molecule has 1 saturated heterocycles. The minimum absolute atomic E-state index is 0.180. The van der Waals surface area contributed by atoms with Gasteiger partial charge < -0.3 is 9.88 Å². The maximum absolute atomic E-state index is 13.1. The second-order valence-corrected chi connectivity index (χ2v) is 7.23. The summed E-state index contributed by atoms with van der Waals surface area (Å²) in [6.07, 6.45) is 0.885. The molecule has 3 aliphatic rings. The van der Waals surface area contributed by atoms with Gasteiger partial charge in [0.25, 0.3) is 0 Å². The Balaban J connectivity index is 1.31. The molecular weight excluding hydrogens is 369 g/mol. The molecule has 9 heteroatoms. The molecule has 28 heavy (non-hydrogen) atoms. The minimum atomic E-state index is -4.45. The fourth-order valence-corrected chi connectivity index (χ4v) is 4.11. The van der Waals surface area contributed by atoms with Crippen LogP contribution in [0, 0.1) is 0 Å². The number of amidine groups is 2. The van der Waals surface area contributed by atoms with Crippen molar-refractivity contribution in [2.75, 3.05) is 13.1 Å². The maximum Gasteiger partial charge on any atom is 0.430 e. The highest BCUT2D eigenvalue weighted by molar-refractivity contribution is 6.05. The number of nitrogens with one attached hydrogen (secondary N) is 2. The molecule has 1 atom stereocenters. The Morgan fingerprint density at radius 2 is 1.79 bits per heavy atom. The van der Waals surface area contributed by atoms with Crippen LogP contribution in [-0.4, -0.2) is 52.0 Å². The lowest BCUT2D eigenvalue weighted by Crippen LogP contribution is -2.50. The van der Waals surface area contributed by atoms with Crippen molar-refractivity contribution in [1.29, 1.82) is 0 Å². The number of hydrogen-bond donors (Lipinski definition) is 2. The number of hydrazone groups is 2. The van der Waals surface area contributed by atoms with Crippen LogP contribution in [0.3, 0.4) is 0 Å². The van der Waals surface area contributed by atoms with Crippen LogP contribution in [0.15, 0.2) is 52.8 Å². The number of halogens is 3. The summed E-state index contributed by atoms with van der Waals surface area (Å²) < 4.78 is 39.4. The first kappa shape index (κ1) is 17.2. The van der Waals surface area contributed by atoms with E-state index < -0.39 is 12.3 Å². The topological polar surface area (TPSA) is 59.0 Å². The summed E-state index contributed by atoms with van der Waals surface area (Å²) in [6, 6.07) is 8.24. The Morgan fingerprint density at radius 1 is 1.04 bits per heavy atom. The van der Waals surface area contributed by atoms with E-state index in [1.807, 2.05) is 17.0 Å². The highest BCUT2D eigenvalue weighted by atomic mass is 19.4. The van der Waals surface area contributed by atoms with E-state index in [-0.39, 0.29) is 5.84 Å². The number of hydrogen-bond acceptors (Lipinski definition) is 5. The molecule has 0 saturated carbocycles. The molecule has 0 bridgehead atoms. The molecule has 6 nitrogen and oxygen atoms in total. The van der Waals surface area contributed by atoms with Crippen LogP contribution in [0.25, 0.3) is 10.9 Å². The molecule has 0 spiro atoms. The van der Waals surface area contributed by atoms with Gasteiger partial charge >= 0.3 is 6.18 Å². The quantitative estimate of drug-likeness (QED) is 0.788. The smallest absolute Gasteiger partial charge is 0.361 e. The lowest BCUT2D eigenvalue weighted by molar-refractivity contribution is -0.178. The number of rotatable bonds is 1. The Labute approximate surface area is 159 Å². The van der Waals surface area contributed by atoms with Crippen LogP contribution in [0.5, 0.6) is 0 Å². The van der Waals surface area contributed by atoms with Crippen molar-refractivity contribution < 1.29 is 13.2 Å². The number of fused-ring (bicyclic) bond motifs is 2. The van der Waals surface area contributed by atoms with E-state index in [0.29, 0.717) is 11.8 Å². The van der Waals surface area contributed by atoms with Crippen molar-refractivity contribution in [3.63, 3.8) is 0 Å². The van der Waals surface area contributed by atoms with Gasteiger partial charge in [-0.25, -0.2) is 5.01 Å². The number of aromatic amines is 1. The molecule has 146 valence electrons. The highest BCUT2D eigenvalue weighted by Gasteiger charge is 2.49. The summed E-state index contributed by atoms with van der Waals surface area (Å²) in [5.41, 5.74) is 4.56. The third-order valence-electron chi connectivity index (χ3n) is 5.56. The predicted octanol–water partition coefficient (Wildman–Crippen LogP) is 3.34. The van der Waals surface area contributed by atoms with Gasteiger partial charge in [0.1, 0.15) is 5.84 Å². The van der Waals surface area contributed by atoms with Crippen molar-refractivity contribution in [3.05, 3.63) is 48.2 Å². The number of para-hydroxylation sites is 1. The van der Waals surface area contributed by atoms with E-state index >= 15 is 0 Å². The van der Waals surface area contributed by atoms with Gasteiger partial charge in [0, 0.05) is 30.2 Å². The van der Waals surface area contributed by atoms with Crippen LogP contribution in [0.4, 0.5) is 13.2 Å². The number of aromatic nitrogens is 1. The molecule has 2 aromatic rings. The number of alkyl halides is 3. The van der Waals surface area contributed by atoms with Crippen molar-refractivity contribution in [3.8, 4) is 0 Å². The largest absolute Gasteiger partial charge is 0.430 e. The molecule has 0 aliphatic carbocycles. The molecule has 1 aromatic heterocycles. The van der Waals surface area contributed by atoms with Gasteiger partial charge in [-0.05, 0) is 42.5 Å². The predicted molar refractivity (Wildman–Crippen MR) is 101 cm³/mol. The highest BCUT2D eigenvalue weighted by Crippen LogP contribution is 2.34. The van der Waals surface area contributed by atoms with Crippen LogP contribution < -0.4 is 5.43 Å². The molecule has 5 rings (SSSR count). The molecule has 2 N–H and O–H groups in total. The normalized spacial score (nSPS) is 22.9. The molecule has 1 fully saturated rings. The molecule has 4 heterocycles. The molecule has 1 unspecified atom stereocenters. The number of H-pyrrole nitrogens is 1. The molecular formula is C19H19F3N6. The summed E-state index contributed by atoms with van der Waals surface area (Å²) in [5.74, 6) is 1.16. The van der Waals surface area contributed by atoms with Crippen molar-refractivity contribution in [2.45, 2.75) is 31.1 Å². The summed E-state index contributed by atoms with van der Waals surface area (Å²) in [4.78, 5) is 5.37. The van der Waals surface area contributed by atoms with Crippen LogP contribution in [0.1, 0.15) is 24.3 Å². The summed E-state index contributed by atoms with van der Waals surface area (Å²) in [7, 11) is 0. The number of nitrogens with zero attached hydrogens (tertiary/aromatic N) is 4. The van der Waals surface area contributed by atoms with Gasteiger partial charge in [0.2, 0.25) is 6.17 Å². The monoisotopic (exact) mass is 388 g/mol. The lowest BCUT2D eigenvalue weighted by Gasteiger charge is -2.35. The van der Waals surface area contributed by atoms with Crippen molar-refractivity contribution in [1.82, 2.24) is 20.3 Å². The summed E-state index contributed by atoms with van der Waals surface area (Å²) in [5, 5.41) is 10.1. The first-order valence-corrected chi connectivity index (χ1v) is 9.27. The summed E-state index contributed by atoms with van der Waals surface area (Å²) in [6.45, 7) is 1.50. The average Bonchev–Trinajstić information content (AvgIpc) is 3.31. The van der Waals surface area contributed by atoms with E-state index in [4.69, 9.17) is 0 Å². The van der Waals surface area contributed by atoms with Crippen molar-refractivity contribution >= 4 is 22.6 Å².